The van der Waals surface area contributed by atoms with Gasteiger partial charge in [0.1, 0.15) is 11.4 Å². The topological polar surface area (TPSA) is 75.1 Å². The first-order chi connectivity index (χ1) is 16.5. The number of hydrogen-bond acceptors (Lipinski definition) is 4. The van der Waals surface area contributed by atoms with Crippen molar-refractivity contribution in [2.75, 3.05) is 5.32 Å². The van der Waals surface area contributed by atoms with Gasteiger partial charge < -0.3 is 10.4 Å². The Bertz CT molecular complexity index is 1380. The molecule has 3 aromatic carbocycles. The molecule has 0 atom stereocenters. The Labute approximate surface area is 206 Å². The van der Waals surface area contributed by atoms with E-state index >= 15 is 0 Å². The average molecular weight is 512 g/mol. The molecule has 1 amide bonds. The monoisotopic (exact) mass is 511 g/mol. The molecule has 34 heavy (non-hydrogen) atoms. The number of halogens is 1. The zero-order valence-electron chi connectivity index (χ0n) is 18.3. The second-order valence-corrected chi connectivity index (χ2v) is 9.11. The van der Waals surface area contributed by atoms with Gasteiger partial charge in [0.25, 0.3) is 0 Å². The van der Waals surface area contributed by atoms with E-state index in [-0.39, 0.29) is 18.1 Å². The van der Waals surface area contributed by atoms with Gasteiger partial charge in [-0.1, -0.05) is 64.5 Å². The van der Waals surface area contributed by atoms with Gasteiger partial charge in [-0.25, -0.2) is 9.97 Å². The maximum atomic E-state index is 12.9. The number of anilines is 1. The normalized spacial score (nSPS) is 12.3. The Morgan fingerprint density at radius 1 is 0.971 bits per heavy atom. The molecule has 1 aliphatic carbocycles. The predicted molar refractivity (Wildman–Crippen MR) is 138 cm³/mol. The quantitative estimate of drug-likeness (QED) is 0.341. The SMILES string of the molecule is O=C(Cc1ccc(Br)cc1)Nc1nc2c(nc1/C=C/c1ccccc1)-c1ccc(O)cc1CC2. The molecule has 0 fully saturated rings. The lowest BCUT2D eigenvalue weighted by Crippen LogP contribution is -2.19. The zero-order valence-corrected chi connectivity index (χ0v) is 19.9. The molecule has 0 saturated carbocycles. The number of aromatic nitrogens is 2. The van der Waals surface area contributed by atoms with Gasteiger partial charge in [-0.05, 0) is 65.9 Å². The van der Waals surface area contributed by atoms with Gasteiger partial charge in [-0.3, -0.25) is 4.79 Å². The van der Waals surface area contributed by atoms with Gasteiger partial charge in [0, 0.05) is 10.0 Å². The van der Waals surface area contributed by atoms with Crippen LogP contribution in [0.5, 0.6) is 5.75 Å². The molecular weight excluding hydrogens is 490 g/mol. The molecule has 6 heteroatoms. The van der Waals surface area contributed by atoms with E-state index < -0.39 is 0 Å². The molecule has 0 aliphatic heterocycles. The second-order valence-electron chi connectivity index (χ2n) is 8.19. The van der Waals surface area contributed by atoms with Gasteiger partial charge in [-0.2, -0.15) is 0 Å². The zero-order chi connectivity index (χ0) is 23.5. The fraction of sp³-hybridized carbons (Fsp3) is 0.107. The van der Waals surface area contributed by atoms with Gasteiger partial charge in [0.2, 0.25) is 5.91 Å². The number of nitrogens with one attached hydrogen (secondary N) is 1. The minimum absolute atomic E-state index is 0.146. The number of benzene rings is 3. The van der Waals surface area contributed by atoms with Crippen LogP contribution in [0, 0.1) is 0 Å². The average Bonchev–Trinajstić information content (AvgIpc) is 2.84. The van der Waals surface area contributed by atoms with Crippen LogP contribution in [0.1, 0.15) is 28.1 Å². The highest BCUT2D eigenvalue weighted by molar-refractivity contribution is 9.10. The lowest BCUT2D eigenvalue weighted by Gasteiger charge is -2.20. The standard InChI is InChI=1S/C28H22BrN3O2/c29-21-10-6-19(7-11-21)16-26(34)32-28-25(14-8-18-4-2-1-3-5-18)30-27-23-13-12-22(33)17-20(23)9-15-24(27)31-28/h1-8,10-14,17,33H,9,15-16H2,(H,31,32,34)/b14-8+. The van der Waals surface area contributed by atoms with Crippen LogP contribution in [0.2, 0.25) is 0 Å². The summed E-state index contributed by atoms with van der Waals surface area (Å²) in [6.45, 7) is 0. The Hall–Kier alpha value is -3.77. The molecule has 0 unspecified atom stereocenters. The maximum absolute atomic E-state index is 12.9. The van der Waals surface area contributed by atoms with Gasteiger partial charge in [0.15, 0.2) is 5.82 Å². The molecule has 4 aromatic rings. The third-order valence-electron chi connectivity index (χ3n) is 5.74. The van der Waals surface area contributed by atoms with Crippen molar-refractivity contribution in [1.82, 2.24) is 9.97 Å². The summed E-state index contributed by atoms with van der Waals surface area (Å²) in [5.41, 5.74) is 6.18. The predicted octanol–water partition coefficient (Wildman–Crippen LogP) is 6.06. The third kappa shape index (κ3) is 4.92. The highest BCUT2D eigenvalue weighted by Crippen LogP contribution is 2.35. The highest BCUT2D eigenvalue weighted by atomic mass is 79.9. The van der Waals surface area contributed by atoms with Crippen molar-refractivity contribution in [2.45, 2.75) is 19.3 Å². The molecule has 0 spiro atoms. The van der Waals surface area contributed by atoms with E-state index in [4.69, 9.17) is 9.97 Å². The summed E-state index contributed by atoms with van der Waals surface area (Å²) in [4.78, 5) is 22.6. The largest absolute Gasteiger partial charge is 0.508 e. The molecular formula is C28H22BrN3O2. The Morgan fingerprint density at radius 3 is 2.56 bits per heavy atom. The summed E-state index contributed by atoms with van der Waals surface area (Å²) < 4.78 is 0.971. The highest BCUT2D eigenvalue weighted by Gasteiger charge is 2.22. The lowest BCUT2D eigenvalue weighted by atomic mass is 9.91. The van der Waals surface area contributed by atoms with Crippen LogP contribution < -0.4 is 5.32 Å². The van der Waals surface area contributed by atoms with Gasteiger partial charge >= 0.3 is 0 Å². The molecule has 1 aromatic heterocycles. The summed E-state index contributed by atoms with van der Waals surface area (Å²) in [5.74, 6) is 0.554. The molecule has 1 aliphatic rings. The first kappa shape index (κ1) is 22.0. The van der Waals surface area contributed by atoms with E-state index in [9.17, 15) is 9.90 Å². The van der Waals surface area contributed by atoms with Gasteiger partial charge in [-0.15, -0.1) is 0 Å². The molecule has 0 saturated heterocycles. The molecule has 5 nitrogen and oxygen atoms in total. The van der Waals surface area contributed by atoms with Gasteiger partial charge in [0.05, 0.1) is 17.8 Å². The first-order valence-electron chi connectivity index (χ1n) is 11.1. The van der Waals surface area contributed by atoms with E-state index in [2.05, 4.69) is 21.2 Å². The number of phenols is 1. The Balaban J connectivity index is 1.50. The number of rotatable bonds is 5. The Kier molecular flexibility index (Phi) is 6.23. The van der Waals surface area contributed by atoms with E-state index in [1.165, 1.54) is 0 Å². The number of aryl methyl sites for hydroxylation is 2. The number of nitrogens with zero attached hydrogens (tertiary/aromatic N) is 2. The summed E-state index contributed by atoms with van der Waals surface area (Å²) in [7, 11) is 0. The van der Waals surface area contributed by atoms with E-state index in [0.717, 1.165) is 44.5 Å². The lowest BCUT2D eigenvalue weighted by molar-refractivity contribution is -0.115. The van der Waals surface area contributed by atoms with Crippen molar-refractivity contribution in [2.24, 2.45) is 0 Å². The first-order valence-corrected chi connectivity index (χ1v) is 11.8. The van der Waals surface area contributed by atoms with E-state index in [0.29, 0.717) is 17.9 Å². The van der Waals surface area contributed by atoms with Crippen LogP contribution >= 0.6 is 15.9 Å². The maximum Gasteiger partial charge on any atom is 0.230 e. The van der Waals surface area contributed by atoms with E-state index in [1.807, 2.05) is 72.8 Å². The van der Waals surface area contributed by atoms with Crippen molar-refractivity contribution >= 4 is 39.8 Å². The molecule has 2 N–H and O–H groups in total. The van der Waals surface area contributed by atoms with Crippen LogP contribution in [0.4, 0.5) is 5.82 Å². The summed E-state index contributed by atoms with van der Waals surface area (Å²) >= 11 is 3.42. The smallest absolute Gasteiger partial charge is 0.230 e. The number of carbonyl (C=O) groups excluding carboxylic acids is 1. The van der Waals surface area contributed by atoms with Crippen LogP contribution in [0.25, 0.3) is 23.4 Å². The number of amides is 1. The summed E-state index contributed by atoms with van der Waals surface area (Å²) in [5, 5.41) is 12.9. The number of hydrogen-bond donors (Lipinski definition) is 2. The number of aromatic hydroxyl groups is 1. The van der Waals surface area contributed by atoms with E-state index in [1.54, 1.807) is 12.1 Å². The van der Waals surface area contributed by atoms with Crippen molar-refractivity contribution in [3.05, 3.63) is 105 Å². The fourth-order valence-corrected chi connectivity index (χ4v) is 4.32. The summed E-state index contributed by atoms with van der Waals surface area (Å²) in [6, 6.07) is 23.0. The number of carbonyl (C=O) groups is 1. The molecule has 0 radical (unpaired) electrons. The molecule has 0 bridgehead atoms. The van der Waals surface area contributed by atoms with Crippen molar-refractivity contribution in [1.29, 1.82) is 0 Å². The fourth-order valence-electron chi connectivity index (χ4n) is 4.06. The van der Waals surface area contributed by atoms with Crippen molar-refractivity contribution in [3.8, 4) is 17.0 Å². The van der Waals surface area contributed by atoms with Crippen molar-refractivity contribution in [3.63, 3.8) is 0 Å². The van der Waals surface area contributed by atoms with Crippen LogP contribution in [0.15, 0.2) is 77.3 Å². The van der Waals surface area contributed by atoms with Crippen LogP contribution in [-0.4, -0.2) is 21.0 Å². The van der Waals surface area contributed by atoms with Crippen molar-refractivity contribution < 1.29 is 9.90 Å². The Morgan fingerprint density at radius 2 is 1.76 bits per heavy atom. The second kappa shape index (κ2) is 9.61. The molecule has 1 heterocycles. The minimum Gasteiger partial charge on any atom is -0.508 e. The molecule has 5 rings (SSSR count). The minimum atomic E-state index is -0.146. The molecule has 168 valence electrons. The third-order valence-corrected chi connectivity index (χ3v) is 6.27. The van der Waals surface area contributed by atoms with Crippen LogP contribution in [-0.2, 0) is 24.1 Å². The van der Waals surface area contributed by atoms with Crippen LogP contribution in [0.3, 0.4) is 0 Å². The number of fused-ring (bicyclic) bond motifs is 3. The summed E-state index contributed by atoms with van der Waals surface area (Å²) in [6.07, 6.45) is 5.54. The number of phenolic OH excluding ortho intramolecular Hbond substituents is 1.